The van der Waals surface area contributed by atoms with Gasteiger partial charge >= 0.3 is 0 Å². The predicted octanol–water partition coefficient (Wildman–Crippen LogP) is 3.31. The van der Waals surface area contributed by atoms with Gasteiger partial charge in [0.25, 0.3) is 10.0 Å². The SMILES string of the molecule is O=C(CCc1cccc(F)c1)NCc1ccc(S(=O)(=O)N2CCCCC2)s1. The lowest BCUT2D eigenvalue weighted by atomic mass is 10.1. The van der Waals surface area contributed by atoms with Crippen molar-refractivity contribution >= 4 is 27.3 Å². The van der Waals surface area contributed by atoms with Crippen LogP contribution in [0.5, 0.6) is 0 Å². The van der Waals surface area contributed by atoms with Crippen molar-refractivity contribution in [3.05, 3.63) is 52.7 Å². The number of sulfonamides is 1. The van der Waals surface area contributed by atoms with Gasteiger partial charge in [0, 0.05) is 24.4 Å². The van der Waals surface area contributed by atoms with E-state index in [0.29, 0.717) is 30.3 Å². The van der Waals surface area contributed by atoms with Gasteiger partial charge in [-0.3, -0.25) is 4.79 Å². The number of rotatable bonds is 7. The quantitative estimate of drug-likeness (QED) is 0.762. The molecule has 1 amide bonds. The van der Waals surface area contributed by atoms with Gasteiger partial charge in [0.1, 0.15) is 10.0 Å². The maximum absolute atomic E-state index is 13.1. The Bertz CT molecular complexity index is 890. The van der Waals surface area contributed by atoms with Crippen molar-refractivity contribution in [3.8, 4) is 0 Å². The normalized spacial score (nSPS) is 15.6. The van der Waals surface area contributed by atoms with Crippen LogP contribution in [0.3, 0.4) is 0 Å². The Morgan fingerprint density at radius 1 is 1.15 bits per heavy atom. The third-order valence-electron chi connectivity index (χ3n) is 4.54. The monoisotopic (exact) mass is 410 g/mol. The first kappa shape index (κ1) is 20.0. The van der Waals surface area contributed by atoms with Gasteiger partial charge in [-0.2, -0.15) is 4.31 Å². The molecule has 27 heavy (non-hydrogen) atoms. The fourth-order valence-electron chi connectivity index (χ4n) is 3.05. The number of carbonyl (C=O) groups is 1. The Kier molecular flexibility index (Phi) is 6.62. The van der Waals surface area contributed by atoms with Crippen LogP contribution in [-0.4, -0.2) is 31.7 Å². The van der Waals surface area contributed by atoms with Gasteiger partial charge in [-0.05, 0) is 49.1 Å². The third-order valence-corrected chi connectivity index (χ3v) is 7.99. The first-order chi connectivity index (χ1) is 12.9. The fourth-order valence-corrected chi connectivity index (χ4v) is 6.02. The first-order valence-electron chi connectivity index (χ1n) is 9.05. The van der Waals surface area contributed by atoms with Crippen LogP contribution < -0.4 is 5.32 Å². The van der Waals surface area contributed by atoms with Crippen molar-refractivity contribution in [2.24, 2.45) is 0 Å². The number of hydrogen-bond acceptors (Lipinski definition) is 4. The van der Waals surface area contributed by atoms with Crippen molar-refractivity contribution in [1.82, 2.24) is 9.62 Å². The van der Waals surface area contributed by atoms with E-state index in [1.165, 1.54) is 23.5 Å². The maximum atomic E-state index is 13.1. The highest BCUT2D eigenvalue weighted by Crippen LogP contribution is 2.27. The number of amides is 1. The smallest absolute Gasteiger partial charge is 0.252 e. The second-order valence-electron chi connectivity index (χ2n) is 6.59. The van der Waals surface area contributed by atoms with Gasteiger partial charge < -0.3 is 5.32 Å². The number of hydrogen-bond donors (Lipinski definition) is 1. The summed E-state index contributed by atoms with van der Waals surface area (Å²) in [7, 11) is -3.43. The summed E-state index contributed by atoms with van der Waals surface area (Å²) in [6.07, 6.45) is 3.59. The molecule has 0 radical (unpaired) electrons. The molecule has 5 nitrogen and oxygen atoms in total. The van der Waals surface area contributed by atoms with E-state index >= 15 is 0 Å². The van der Waals surface area contributed by atoms with Gasteiger partial charge in [-0.25, -0.2) is 12.8 Å². The minimum atomic E-state index is -3.43. The molecule has 0 spiro atoms. The molecule has 1 N–H and O–H groups in total. The number of halogens is 1. The van der Waals surface area contributed by atoms with Gasteiger partial charge in [0.05, 0.1) is 6.54 Å². The van der Waals surface area contributed by atoms with Gasteiger partial charge in [-0.1, -0.05) is 18.6 Å². The Hall–Kier alpha value is -1.77. The second kappa shape index (κ2) is 8.95. The summed E-state index contributed by atoms with van der Waals surface area (Å²) in [5.74, 6) is -0.456. The highest BCUT2D eigenvalue weighted by atomic mass is 32.2. The zero-order valence-electron chi connectivity index (χ0n) is 15.0. The van der Waals surface area contributed by atoms with Crippen LogP contribution in [0.1, 0.15) is 36.1 Å². The lowest BCUT2D eigenvalue weighted by Gasteiger charge is -2.25. The molecule has 2 heterocycles. The van der Waals surface area contributed by atoms with Crippen LogP contribution in [-0.2, 0) is 27.8 Å². The molecule has 0 atom stereocenters. The largest absolute Gasteiger partial charge is 0.351 e. The molecule has 1 saturated heterocycles. The van der Waals surface area contributed by atoms with Gasteiger partial charge in [-0.15, -0.1) is 11.3 Å². The molecule has 8 heteroatoms. The summed E-state index contributed by atoms with van der Waals surface area (Å²) in [4.78, 5) is 12.8. The molecule has 1 aliphatic rings. The van der Waals surface area contributed by atoms with Crippen molar-refractivity contribution in [1.29, 1.82) is 0 Å². The summed E-state index contributed by atoms with van der Waals surface area (Å²) in [6, 6.07) is 9.56. The van der Waals surface area contributed by atoms with Crippen LogP contribution >= 0.6 is 11.3 Å². The standard InChI is InChI=1S/C19H23FN2O3S2/c20-16-6-4-5-15(13-16)7-9-18(23)21-14-17-8-10-19(26-17)27(24,25)22-11-2-1-3-12-22/h4-6,8,10,13H,1-3,7,9,11-12,14H2,(H,21,23). The zero-order chi connectivity index (χ0) is 19.3. The number of piperidine rings is 1. The molecule has 1 aliphatic heterocycles. The van der Waals surface area contributed by atoms with Crippen LogP contribution in [0.15, 0.2) is 40.6 Å². The summed E-state index contributed by atoms with van der Waals surface area (Å²) >= 11 is 1.20. The Balaban J connectivity index is 1.51. The van der Waals surface area contributed by atoms with E-state index in [4.69, 9.17) is 0 Å². The Morgan fingerprint density at radius 2 is 1.93 bits per heavy atom. The number of benzene rings is 1. The van der Waals surface area contributed by atoms with Crippen molar-refractivity contribution in [2.75, 3.05) is 13.1 Å². The summed E-state index contributed by atoms with van der Waals surface area (Å²) < 4.78 is 40.3. The van der Waals surface area contributed by atoms with Crippen molar-refractivity contribution in [3.63, 3.8) is 0 Å². The van der Waals surface area contributed by atoms with E-state index in [0.717, 1.165) is 29.7 Å². The molecule has 3 rings (SSSR count). The molecule has 0 saturated carbocycles. The average Bonchev–Trinajstić information content (AvgIpc) is 3.15. The van der Waals surface area contributed by atoms with Gasteiger partial charge in [0.15, 0.2) is 0 Å². The maximum Gasteiger partial charge on any atom is 0.252 e. The van der Waals surface area contributed by atoms with Crippen LogP contribution in [0.25, 0.3) is 0 Å². The van der Waals surface area contributed by atoms with E-state index in [-0.39, 0.29) is 18.1 Å². The van der Waals surface area contributed by atoms with E-state index in [2.05, 4.69) is 5.32 Å². The molecule has 1 fully saturated rings. The molecule has 0 aliphatic carbocycles. The van der Waals surface area contributed by atoms with E-state index in [1.807, 2.05) is 0 Å². The van der Waals surface area contributed by atoms with Gasteiger partial charge in [0.2, 0.25) is 5.91 Å². The van der Waals surface area contributed by atoms with E-state index in [9.17, 15) is 17.6 Å². The predicted molar refractivity (Wildman–Crippen MR) is 103 cm³/mol. The number of aryl methyl sites for hydroxylation is 1. The molecule has 0 unspecified atom stereocenters. The van der Waals surface area contributed by atoms with E-state index in [1.54, 1.807) is 28.6 Å². The molecule has 1 aromatic carbocycles. The minimum absolute atomic E-state index is 0.145. The highest BCUT2D eigenvalue weighted by molar-refractivity contribution is 7.91. The molecular weight excluding hydrogens is 387 g/mol. The number of carbonyl (C=O) groups excluding carboxylic acids is 1. The van der Waals surface area contributed by atoms with Crippen LogP contribution in [0.2, 0.25) is 0 Å². The summed E-state index contributed by atoms with van der Waals surface area (Å²) in [6.45, 7) is 1.45. The zero-order valence-corrected chi connectivity index (χ0v) is 16.6. The second-order valence-corrected chi connectivity index (χ2v) is 9.93. The number of nitrogens with zero attached hydrogens (tertiary/aromatic N) is 1. The third kappa shape index (κ3) is 5.37. The molecular formula is C19H23FN2O3S2. The fraction of sp³-hybridized carbons (Fsp3) is 0.421. The Morgan fingerprint density at radius 3 is 2.67 bits per heavy atom. The Labute approximate surface area is 163 Å². The lowest BCUT2D eigenvalue weighted by Crippen LogP contribution is -2.35. The topological polar surface area (TPSA) is 66.5 Å². The highest BCUT2D eigenvalue weighted by Gasteiger charge is 2.27. The molecule has 0 bridgehead atoms. The lowest BCUT2D eigenvalue weighted by molar-refractivity contribution is -0.121. The van der Waals surface area contributed by atoms with Crippen LogP contribution in [0, 0.1) is 5.82 Å². The average molecular weight is 411 g/mol. The van der Waals surface area contributed by atoms with E-state index < -0.39 is 10.0 Å². The first-order valence-corrected chi connectivity index (χ1v) is 11.3. The van der Waals surface area contributed by atoms with Crippen LogP contribution in [0.4, 0.5) is 4.39 Å². The molecule has 146 valence electrons. The minimum Gasteiger partial charge on any atom is -0.351 e. The molecule has 2 aromatic rings. The number of thiophene rings is 1. The molecule has 1 aromatic heterocycles. The van der Waals surface area contributed by atoms with Crippen molar-refractivity contribution < 1.29 is 17.6 Å². The summed E-state index contributed by atoms with van der Waals surface area (Å²) in [5, 5.41) is 2.80. The number of nitrogens with one attached hydrogen (secondary N) is 1. The van der Waals surface area contributed by atoms with Crippen molar-refractivity contribution in [2.45, 2.75) is 42.9 Å². The summed E-state index contributed by atoms with van der Waals surface area (Å²) in [5.41, 5.74) is 0.774.